The first kappa shape index (κ1) is 20.0. The van der Waals surface area contributed by atoms with Gasteiger partial charge in [-0.2, -0.15) is 4.72 Å². The van der Waals surface area contributed by atoms with Gasteiger partial charge in [0.1, 0.15) is 11.9 Å². The summed E-state index contributed by atoms with van der Waals surface area (Å²) in [5.74, 6) is -3.28. The molecule has 2 amide bonds. The van der Waals surface area contributed by atoms with Crippen LogP contribution < -0.4 is 15.4 Å². The van der Waals surface area contributed by atoms with Crippen LogP contribution in [0.2, 0.25) is 0 Å². The molecule has 1 saturated heterocycles. The molecule has 1 aromatic carbocycles. The minimum absolute atomic E-state index is 0.189. The Bertz CT molecular complexity index is 808. The number of Topliss-reactive ketones (excluding diaryl/α,β-unsaturated/α-hetero) is 1. The van der Waals surface area contributed by atoms with Crippen molar-refractivity contribution in [1.82, 2.24) is 15.4 Å². The largest absolute Gasteiger partial charge is 0.349 e. The molecule has 0 aliphatic carbocycles. The number of sulfonamides is 1. The minimum atomic E-state index is -4.07. The van der Waals surface area contributed by atoms with Gasteiger partial charge >= 0.3 is 0 Å². The number of ketones is 1. The maximum Gasteiger partial charge on any atom is 0.289 e. The summed E-state index contributed by atoms with van der Waals surface area (Å²) in [7, 11) is -4.07. The fourth-order valence-corrected chi connectivity index (χ4v) is 3.79. The fourth-order valence-electron chi connectivity index (χ4n) is 2.45. The van der Waals surface area contributed by atoms with Crippen molar-refractivity contribution in [2.75, 3.05) is 6.54 Å². The predicted octanol–water partition coefficient (Wildman–Crippen LogP) is -0.298. The van der Waals surface area contributed by atoms with Crippen LogP contribution in [0.15, 0.2) is 29.2 Å². The SMILES string of the molecule is CC(C)C(NS(=O)(=O)c1ccc(F)cc1)C(=O)NC1CCNC(=O)C1=O. The maximum absolute atomic E-state index is 13.0. The Balaban J connectivity index is 2.15. The number of rotatable bonds is 6. The number of amides is 2. The van der Waals surface area contributed by atoms with Gasteiger partial charge in [-0.25, -0.2) is 12.8 Å². The standard InChI is InChI=1S/C16H20FN3O5S/c1-9(2)13(15(22)19-12-7-8-18-16(23)14(12)21)20-26(24,25)11-5-3-10(17)4-6-11/h3-6,9,12-13,20H,7-8H2,1-2H3,(H,18,23)(H,19,22). The van der Waals surface area contributed by atoms with Crippen molar-refractivity contribution in [3.05, 3.63) is 30.1 Å². The highest BCUT2D eigenvalue weighted by Crippen LogP contribution is 2.13. The third-order valence-electron chi connectivity index (χ3n) is 3.93. The highest BCUT2D eigenvalue weighted by Gasteiger charge is 2.34. The molecule has 1 fully saturated rings. The lowest BCUT2D eigenvalue weighted by atomic mass is 10.0. The molecule has 2 unspecified atom stereocenters. The topological polar surface area (TPSA) is 121 Å². The molecule has 26 heavy (non-hydrogen) atoms. The highest BCUT2D eigenvalue weighted by molar-refractivity contribution is 7.89. The molecule has 1 aliphatic heterocycles. The monoisotopic (exact) mass is 385 g/mol. The average Bonchev–Trinajstić information content (AvgIpc) is 2.57. The average molecular weight is 385 g/mol. The molecule has 1 aliphatic rings. The van der Waals surface area contributed by atoms with E-state index in [1.807, 2.05) is 0 Å². The summed E-state index contributed by atoms with van der Waals surface area (Å²) in [5.41, 5.74) is 0. The maximum atomic E-state index is 13.0. The third kappa shape index (κ3) is 4.64. The zero-order chi connectivity index (χ0) is 19.5. The lowest BCUT2D eigenvalue weighted by Crippen LogP contribution is -2.58. The van der Waals surface area contributed by atoms with Crippen molar-refractivity contribution >= 4 is 27.6 Å². The molecular weight excluding hydrogens is 365 g/mol. The van der Waals surface area contributed by atoms with Crippen LogP contribution in [-0.2, 0) is 24.4 Å². The predicted molar refractivity (Wildman–Crippen MR) is 89.9 cm³/mol. The van der Waals surface area contributed by atoms with Crippen LogP contribution in [0, 0.1) is 11.7 Å². The molecule has 142 valence electrons. The quantitative estimate of drug-likeness (QED) is 0.581. The smallest absolute Gasteiger partial charge is 0.289 e. The minimum Gasteiger partial charge on any atom is -0.349 e. The Labute approximate surface area is 150 Å². The number of carbonyl (C=O) groups excluding carboxylic acids is 3. The van der Waals surface area contributed by atoms with E-state index in [2.05, 4.69) is 15.4 Å². The summed E-state index contributed by atoms with van der Waals surface area (Å²) in [6.45, 7) is 3.50. The third-order valence-corrected chi connectivity index (χ3v) is 5.39. The van der Waals surface area contributed by atoms with Crippen LogP contribution in [0.5, 0.6) is 0 Å². The van der Waals surface area contributed by atoms with Gasteiger partial charge in [0.2, 0.25) is 21.7 Å². The van der Waals surface area contributed by atoms with Crippen molar-refractivity contribution in [1.29, 1.82) is 0 Å². The van der Waals surface area contributed by atoms with Gasteiger partial charge in [-0.05, 0) is 36.6 Å². The zero-order valence-corrected chi connectivity index (χ0v) is 15.1. The lowest BCUT2D eigenvalue weighted by molar-refractivity contribution is -0.142. The Morgan fingerprint density at radius 1 is 1.23 bits per heavy atom. The molecule has 0 radical (unpaired) electrons. The summed E-state index contributed by atoms with van der Waals surface area (Å²) >= 11 is 0. The molecule has 10 heteroatoms. The van der Waals surface area contributed by atoms with Crippen LogP contribution in [0.3, 0.4) is 0 Å². The summed E-state index contributed by atoms with van der Waals surface area (Å²) in [5, 5.41) is 4.80. The molecule has 2 rings (SSSR count). The normalized spacial score (nSPS) is 19.2. The molecule has 0 saturated carbocycles. The van der Waals surface area contributed by atoms with Gasteiger partial charge < -0.3 is 10.6 Å². The Hall–Kier alpha value is -2.33. The Kier molecular flexibility index (Phi) is 6.09. The van der Waals surface area contributed by atoms with Crippen molar-refractivity contribution < 1.29 is 27.2 Å². The van der Waals surface area contributed by atoms with Gasteiger partial charge in [0.05, 0.1) is 10.9 Å². The molecule has 0 bridgehead atoms. The first-order valence-corrected chi connectivity index (χ1v) is 9.50. The zero-order valence-electron chi connectivity index (χ0n) is 14.3. The van der Waals surface area contributed by atoms with Crippen molar-refractivity contribution in [2.45, 2.75) is 37.2 Å². The lowest BCUT2D eigenvalue weighted by Gasteiger charge is -2.26. The number of hydrogen-bond acceptors (Lipinski definition) is 5. The second-order valence-corrected chi connectivity index (χ2v) is 7.98. The van der Waals surface area contributed by atoms with Crippen LogP contribution >= 0.6 is 0 Å². The van der Waals surface area contributed by atoms with E-state index in [1.54, 1.807) is 13.8 Å². The van der Waals surface area contributed by atoms with Crippen molar-refractivity contribution in [3.63, 3.8) is 0 Å². The fraction of sp³-hybridized carbons (Fsp3) is 0.438. The highest BCUT2D eigenvalue weighted by atomic mass is 32.2. The molecule has 2 atom stereocenters. The second-order valence-electron chi connectivity index (χ2n) is 6.27. The van der Waals surface area contributed by atoms with E-state index >= 15 is 0 Å². The molecule has 3 N–H and O–H groups in total. The van der Waals surface area contributed by atoms with E-state index in [9.17, 15) is 27.2 Å². The van der Waals surface area contributed by atoms with E-state index in [4.69, 9.17) is 0 Å². The summed E-state index contributed by atoms with van der Waals surface area (Å²) in [6.07, 6.45) is 0.228. The van der Waals surface area contributed by atoms with Gasteiger partial charge in [-0.1, -0.05) is 13.8 Å². The van der Waals surface area contributed by atoms with E-state index in [0.717, 1.165) is 24.3 Å². The van der Waals surface area contributed by atoms with Crippen LogP contribution in [-0.4, -0.2) is 44.6 Å². The van der Waals surface area contributed by atoms with Crippen LogP contribution in [0.4, 0.5) is 4.39 Å². The number of piperidine rings is 1. The van der Waals surface area contributed by atoms with Gasteiger partial charge in [0.25, 0.3) is 5.91 Å². The number of carbonyl (C=O) groups is 3. The summed E-state index contributed by atoms with van der Waals surface area (Å²) in [4.78, 5) is 35.5. The molecule has 0 aromatic heterocycles. The van der Waals surface area contributed by atoms with E-state index in [1.165, 1.54) is 0 Å². The first-order valence-electron chi connectivity index (χ1n) is 8.02. The van der Waals surface area contributed by atoms with E-state index in [0.29, 0.717) is 0 Å². The van der Waals surface area contributed by atoms with E-state index < -0.39 is 51.4 Å². The second kappa shape index (κ2) is 7.92. The van der Waals surface area contributed by atoms with Crippen molar-refractivity contribution in [2.24, 2.45) is 5.92 Å². The van der Waals surface area contributed by atoms with Crippen LogP contribution in [0.1, 0.15) is 20.3 Å². The molecular formula is C16H20FN3O5S. The first-order chi connectivity index (χ1) is 12.1. The number of benzene rings is 1. The van der Waals surface area contributed by atoms with Gasteiger partial charge in [0, 0.05) is 6.54 Å². The molecule has 1 aromatic rings. The Morgan fingerprint density at radius 2 is 1.85 bits per heavy atom. The molecule has 1 heterocycles. The molecule has 0 spiro atoms. The number of nitrogens with one attached hydrogen (secondary N) is 3. The van der Waals surface area contributed by atoms with Gasteiger partial charge in [-0.3, -0.25) is 14.4 Å². The van der Waals surface area contributed by atoms with Gasteiger partial charge in [0.15, 0.2) is 0 Å². The number of hydrogen-bond donors (Lipinski definition) is 3. The number of halogens is 1. The summed E-state index contributed by atoms with van der Waals surface area (Å²) < 4.78 is 40.1. The Morgan fingerprint density at radius 3 is 2.42 bits per heavy atom. The van der Waals surface area contributed by atoms with Crippen molar-refractivity contribution in [3.8, 4) is 0 Å². The van der Waals surface area contributed by atoms with Crippen LogP contribution in [0.25, 0.3) is 0 Å². The van der Waals surface area contributed by atoms with E-state index in [-0.39, 0.29) is 17.9 Å². The summed E-state index contributed by atoms with van der Waals surface area (Å²) in [6, 6.07) is 2.01. The van der Waals surface area contributed by atoms with Gasteiger partial charge in [-0.15, -0.1) is 0 Å². The molecule has 8 nitrogen and oxygen atoms in total.